The highest BCUT2D eigenvalue weighted by Gasteiger charge is 2.23. The van der Waals surface area contributed by atoms with Crippen LogP contribution in [0.15, 0.2) is 42.6 Å². The van der Waals surface area contributed by atoms with Crippen LogP contribution in [0.2, 0.25) is 0 Å². The van der Waals surface area contributed by atoms with Crippen molar-refractivity contribution in [3.8, 4) is 5.75 Å². The standard InChI is InChI=1S/C22H27N3O2/c1-4-25-16(2)20(13-23-25)14-24-9-10-27-22(15-24)19-6-5-18-12-21(26-3)8-7-17(18)11-19/h5-8,11-13,22H,4,9-10,14-15H2,1-3H3/t22-/m0/s1. The van der Waals surface area contributed by atoms with Crippen molar-refractivity contribution in [3.63, 3.8) is 0 Å². The normalized spacial score (nSPS) is 18.1. The van der Waals surface area contributed by atoms with E-state index in [2.05, 4.69) is 58.9 Å². The van der Waals surface area contributed by atoms with Gasteiger partial charge in [0.2, 0.25) is 0 Å². The Hall–Kier alpha value is -2.37. The number of hydrogen-bond acceptors (Lipinski definition) is 4. The monoisotopic (exact) mass is 365 g/mol. The number of morpholine rings is 1. The molecule has 0 bridgehead atoms. The van der Waals surface area contributed by atoms with Crippen molar-refractivity contribution in [1.29, 1.82) is 0 Å². The fourth-order valence-electron chi connectivity index (χ4n) is 3.82. The molecule has 0 saturated carbocycles. The maximum Gasteiger partial charge on any atom is 0.119 e. The highest BCUT2D eigenvalue weighted by molar-refractivity contribution is 5.84. The Morgan fingerprint density at radius 2 is 2.00 bits per heavy atom. The summed E-state index contributed by atoms with van der Waals surface area (Å²) < 4.78 is 13.5. The lowest BCUT2D eigenvalue weighted by Crippen LogP contribution is -2.37. The molecular weight excluding hydrogens is 338 g/mol. The molecule has 142 valence electrons. The second-order valence-corrected chi connectivity index (χ2v) is 7.14. The Morgan fingerprint density at radius 1 is 1.19 bits per heavy atom. The Morgan fingerprint density at radius 3 is 2.78 bits per heavy atom. The number of rotatable bonds is 5. The van der Waals surface area contributed by atoms with E-state index in [0.717, 1.165) is 38.5 Å². The SMILES string of the molecule is CCn1ncc(CN2CCO[C@H](c3ccc4cc(OC)ccc4c3)C2)c1C. The van der Waals surface area contributed by atoms with Gasteiger partial charge in [0.1, 0.15) is 5.75 Å². The van der Waals surface area contributed by atoms with Crippen LogP contribution in [0.25, 0.3) is 10.8 Å². The molecular formula is C22H27N3O2. The van der Waals surface area contributed by atoms with Gasteiger partial charge in [0.15, 0.2) is 0 Å². The lowest BCUT2D eigenvalue weighted by molar-refractivity contribution is -0.0329. The van der Waals surface area contributed by atoms with Crippen molar-refractivity contribution in [3.05, 3.63) is 59.4 Å². The topological polar surface area (TPSA) is 39.5 Å². The first-order valence-corrected chi connectivity index (χ1v) is 9.61. The fraction of sp³-hybridized carbons (Fsp3) is 0.409. The van der Waals surface area contributed by atoms with E-state index in [1.165, 1.54) is 27.6 Å². The van der Waals surface area contributed by atoms with E-state index in [0.29, 0.717) is 0 Å². The molecule has 1 aromatic heterocycles. The number of nitrogens with zero attached hydrogens (tertiary/aromatic N) is 3. The van der Waals surface area contributed by atoms with Gasteiger partial charge in [0, 0.05) is 37.4 Å². The summed E-state index contributed by atoms with van der Waals surface area (Å²) in [5.41, 5.74) is 3.81. The average molecular weight is 365 g/mol. The molecule has 0 unspecified atom stereocenters. The largest absolute Gasteiger partial charge is 0.497 e. The van der Waals surface area contributed by atoms with E-state index in [9.17, 15) is 0 Å². The number of methoxy groups -OCH3 is 1. The third kappa shape index (κ3) is 3.70. The lowest BCUT2D eigenvalue weighted by atomic mass is 10.0. The van der Waals surface area contributed by atoms with E-state index in [4.69, 9.17) is 9.47 Å². The Balaban J connectivity index is 1.50. The summed E-state index contributed by atoms with van der Waals surface area (Å²) in [5.74, 6) is 0.887. The van der Waals surface area contributed by atoms with Gasteiger partial charge in [-0.05, 0) is 48.4 Å². The molecule has 5 heteroatoms. The molecule has 1 atom stereocenters. The van der Waals surface area contributed by atoms with Gasteiger partial charge in [0.05, 0.1) is 26.0 Å². The molecule has 0 amide bonds. The third-order valence-electron chi connectivity index (χ3n) is 5.49. The number of fused-ring (bicyclic) bond motifs is 1. The quantitative estimate of drug-likeness (QED) is 0.686. The van der Waals surface area contributed by atoms with Gasteiger partial charge in [0.25, 0.3) is 0 Å². The Bertz CT molecular complexity index is 934. The number of benzene rings is 2. The summed E-state index contributed by atoms with van der Waals surface area (Å²) in [7, 11) is 1.70. The molecule has 2 aromatic carbocycles. The minimum absolute atomic E-state index is 0.103. The number of hydrogen-bond donors (Lipinski definition) is 0. The molecule has 27 heavy (non-hydrogen) atoms. The van der Waals surface area contributed by atoms with E-state index >= 15 is 0 Å². The molecule has 0 radical (unpaired) electrons. The van der Waals surface area contributed by atoms with E-state index < -0.39 is 0 Å². The van der Waals surface area contributed by atoms with Crippen molar-refractivity contribution in [1.82, 2.24) is 14.7 Å². The molecule has 0 spiro atoms. The van der Waals surface area contributed by atoms with Gasteiger partial charge in [-0.1, -0.05) is 18.2 Å². The molecule has 1 aliphatic heterocycles. The molecule has 5 nitrogen and oxygen atoms in total. The first-order chi connectivity index (χ1) is 13.2. The second kappa shape index (κ2) is 7.71. The maximum atomic E-state index is 6.10. The Kier molecular flexibility index (Phi) is 5.14. The summed E-state index contributed by atoms with van der Waals surface area (Å²) in [4.78, 5) is 2.47. The van der Waals surface area contributed by atoms with Gasteiger partial charge < -0.3 is 9.47 Å². The second-order valence-electron chi connectivity index (χ2n) is 7.14. The zero-order chi connectivity index (χ0) is 18.8. The molecule has 0 N–H and O–H groups in total. The van der Waals surface area contributed by atoms with Crippen molar-refractivity contribution in [2.75, 3.05) is 26.8 Å². The predicted molar refractivity (Wildman–Crippen MR) is 107 cm³/mol. The molecule has 1 saturated heterocycles. The van der Waals surface area contributed by atoms with Crippen LogP contribution in [0.3, 0.4) is 0 Å². The van der Waals surface area contributed by atoms with E-state index in [-0.39, 0.29) is 6.10 Å². The lowest BCUT2D eigenvalue weighted by Gasteiger charge is -2.33. The number of aromatic nitrogens is 2. The van der Waals surface area contributed by atoms with E-state index in [1.54, 1.807) is 7.11 Å². The fourth-order valence-corrected chi connectivity index (χ4v) is 3.82. The first kappa shape index (κ1) is 18.0. The summed E-state index contributed by atoms with van der Waals surface area (Å²) in [6.07, 6.45) is 2.11. The smallest absolute Gasteiger partial charge is 0.119 e. The van der Waals surface area contributed by atoms with Crippen molar-refractivity contribution < 1.29 is 9.47 Å². The van der Waals surface area contributed by atoms with Gasteiger partial charge in [-0.2, -0.15) is 5.10 Å². The van der Waals surface area contributed by atoms with Gasteiger partial charge >= 0.3 is 0 Å². The minimum atomic E-state index is 0.103. The predicted octanol–water partition coefficient (Wildman–Crippen LogP) is 3.95. The van der Waals surface area contributed by atoms with Crippen LogP contribution in [0, 0.1) is 6.92 Å². The zero-order valence-corrected chi connectivity index (χ0v) is 16.3. The van der Waals surface area contributed by atoms with Crippen LogP contribution in [0.4, 0.5) is 0 Å². The van der Waals surface area contributed by atoms with Crippen LogP contribution < -0.4 is 4.74 Å². The van der Waals surface area contributed by atoms with Crippen LogP contribution in [-0.2, 0) is 17.8 Å². The third-order valence-corrected chi connectivity index (χ3v) is 5.49. The molecule has 1 aliphatic rings. The van der Waals surface area contributed by atoms with Crippen molar-refractivity contribution >= 4 is 10.8 Å². The van der Waals surface area contributed by atoms with Crippen LogP contribution >= 0.6 is 0 Å². The minimum Gasteiger partial charge on any atom is -0.497 e. The summed E-state index contributed by atoms with van der Waals surface area (Å²) in [6, 6.07) is 12.8. The van der Waals surface area contributed by atoms with Gasteiger partial charge in [-0.15, -0.1) is 0 Å². The molecule has 1 fully saturated rings. The first-order valence-electron chi connectivity index (χ1n) is 9.61. The van der Waals surface area contributed by atoms with Crippen LogP contribution in [-0.4, -0.2) is 41.5 Å². The molecule has 0 aliphatic carbocycles. The van der Waals surface area contributed by atoms with Crippen molar-refractivity contribution in [2.45, 2.75) is 33.0 Å². The molecule has 2 heterocycles. The number of ether oxygens (including phenoxy) is 2. The highest BCUT2D eigenvalue weighted by atomic mass is 16.5. The van der Waals surface area contributed by atoms with Gasteiger partial charge in [-0.3, -0.25) is 9.58 Å². The van der Waals surface area contributed by atoms with Crippen LogP contribution in [0.1, 0.15) is 29.8 Å². The van der Waals surface area contributed by atoms with Crippen molar-refractivity contribution in [2.24, 2.45) is 0 Å². The highest BCUT2D eigenvalue weighted by Crippen LogP contribution is 2.28. The molecule has 4 rings (SSSR count). The van der Waals surface area contributed by atoms with Gasteiger partial charge in [-0.25, -0.2) is 0 Å². The van der Waals surface area contributed by atoms with E-state index in [1.807, 2.05) is 12.3 Å². The zero-order valence-electron chi connectivity index (χ0n) is 16.3. The summed E-state index contributed by atoms with van der Waals surface area (Å²) >= 11 is 0. The number of aryl methyl sites for hydroxylation is 1. The summed E-state index contributed by atoms with van der Waals surface area (Å²) in [5, 5.41) is 6.88. The Labute approximate surface area is 160 Å². The van der Waals surface area contributed by atoms with Crippen LogP contribution in [0.5, 0.6) is 5.75 Å². The maximum absolute atomic E-state index is 6.10. The summed E-state index contributed by atoms with van der Waals surface area (Å²) in [6.45, 7) is 8.74. The molecule has 3 aromatic rings. The average Bonchev–Trinajstić information content (AvgIpc) is 3.06.